The molecule has 1 aromatic carbocycles. The summed E-state index contributed by atoms with van der Waals surface area (Å²) in [4.78, 5) is 0. The first-order chi connectivity index (χ1) is 17.2. The summed E-state index contributed by atoms with van der Waals surface area (Å²) < 4.78 is 0. The summed E-state index contributed by atoms with van der Waals surface area (Å²) in [6, 6.07) is 9.30. The minimum atomic E-state index is 0.0709. The maximum atomic E-state index is 2.74. The molecule has 7 rings (SSSR count). The van der Waals surface area contributed by atoms with Gasteiger partial charge in [0.1, 0.15) is 0 Å². The highest BCUT2D eigenvalue weighted by Gasteiger charge is 2.69. The first kappa shape index (κ1) is 21.7. The lowest BCUT2D eigenvalue weighted by molar-refractivity contribution is -0.0886. The summed E-state index contributed by atoms with van der Waals surface area (Å²) in [5, 5.41) is 0. The van der Waals surface area contributed by atoms with E-state index < -0.39 is 0 Å². The number of benzene rings is 1. The zero-order chi connectivity index (χ0) is 23.7. The van der Waals surface area contributed by atoms with Crippen molar-refractivity contribution in [2.75, 3.05) is 0 Å². The smallest absolute Gasteiger partial charge is 0.0308 e. The van der Waals surface area contributed by atoms with E-state index in [0.717, 1.165) is 6.42 Å². The van der Waals surface area contributed by atoms with Crippen LogP contribution in [0.4, 0.5) is 0 Å². The topological polar surface area (TPSA) is 0 Å². The Bertz CT molecular complexity index is 1260. The molecule has 0 aromatic heterocycles. The lowest BCUT2D eigenvalue weighted by Crippen LogP contribution is -2.65. The van der Waals surface area contributed by atoms with E-state index >= 15 is 0 Å². The summed E-state index contributed by atoms with van der Waals surface area (Å²) in [6.07, 6.45) is 37.8. The van der Waals surface area contributed by atoms with Crippen LogP contribution in [-0.4, -0.2) is 0 Å². The van der Waals surface area contributed by atoms with Gasteiger partial charge in [0.05, 0.1) is 0 Å². The lowest BCUT2D eigenvalue weighted by Gasteiger charge is -2.70. The Hall–Kier alpha value is -2.60. The largest absolute Gasteiger partial charge is 0.0882 e. The van der Waals surface area contributed by atoms with E-state index in [1.807, 2.05) is 0 Å². The zero-order valence-corrected chi connectivity index (χ0v) is 21.3. The lowest BCUT2D eigenvalue weighted by atomic mass is 9.33. The van der Waals surface area contributed by atoms with E-state index in [0.29, 0.717) is 23.7 Å². The molecule has 1 saturated carbocycles. The van der Waals surface area contributed by atoms with Crippen LogP contribution in [-0.2, 0) is 5.41 Å². The second kappa shape index (κ2) is 7.70. The summed E-state index contributed by atoms with van der Waals surface area (Å²) in [5.74, 6) is 2.43. The van der Waals surface area contributed by atoms with E-state index in [1.54, 1.807) is 16.7 Å². The molecule has 1 aromatic rings. The molecule has 178 valence electrons. The second-order valence-electron chi connectivity index (χ2n) is 12.1. The van der Waals surface area contributed by atoms with Gasteiger partial charge < -0.3 is 0 Å². The fourth-order valence-corrected chi connectivity index (χ4v) is 9.45. The highest BCUT2D eigenvalue weighted by Crippen LogP contribution is 2.74. The predicted molar refractivity (Wildman–Crippen MR) is 148 cm³/mol. The number of hydrogen-bond acceptors (Lipinski definition) is 0. The standard InChI is InChI=1S/C35H38/c1-3-10-25(2)27-19-22-34-29(23-27)12-8-13-30(34)24-35-28(18-17-26-11-4-5-15-31(26)35)14-9-21-33(35)20-7-6-16-32(33)34/h4-9,11-12,14-15,17-19,21-23,25,29-30,32H,3,10,13,16,20,24H2,1-2H3. The molecule has 0 aliphatic heterocycles. The number of hydrogen-bond donors (Lipinski definition) is 0. The normalized spacial score (nSPS) is 40.3. The van der Waals surface area contributed by atoms with Crippen LogP contribution in [0.3, 0.4) is 0 Å². The van der Waals surface area contributed by atoms with Crippen LogP contribution in [0.1, 0.15) is 63.5 Å². The maximum Gasteiger partial charge on any atom is 0.0308 e. The Morgan fingerprint density at radius 2 is 1.91 bits per heavy atom. The Labute approximate surface area is 211 Å². The SMILES string of the molecule is CCCC(C)C1=CC2C=CCC3CC45C(=CC=CC46CC=CCC6C23C=C1)C=Cc1ccccc15. The molecular formula is C35H38. The van der Waals surface area contributed by atoms with Gasteiger partial charge in [-0.3, -0.25) is 0 Å². The predicted octanol–water partition coefficient (Wildman–Crippen LogP) is 8.91. The van der Waals surface area contributed by atoms with Gasteiger partial charge in [-0.05, 0) is 72.1 Å². The van der Waals surface area contributed by atoms with Crippen molar-refractivity contribution in [2.24, 2.45) is 34.5 Å². The van der Waals surface area contributed by atoms with E-state index in [-0.39, 0.29) is 16.2 Å². The molecule has 1 fully saturated rings. The zero-order valence-electron chi connectivity index (χ0n) is 21.3. The third kappa shape index (κ3) is 2.64. The van der Waals surface area contributed by atoms with Gasteiger partial charge in [0.2, 0.25) is 0 Å². The molecule has 6 aliphatic carbocycles. The van der Waals surface area contributed by atoms with Crippen molar-refractivity contribution < 1.29 is 0 Å². The Kier molecular flexibility index (Phi) is 4.76. The van der Waals surface area contributed by atoms with Crippen molar-refractivity contribution >= 4 is 6.08 Å². The molecule has 6 aliphatic rings. The molecule has 0 radical (unpaired) electrons. The van der Waals surface area contributed by atoms with Crippen LogP contribution >= 0.6 is 0 Å². The van der Waals surface area contributed by atoms with Crippen molar-refractivity contribution in [1.29, 1.82) is 0 Å². The van der Waals surface area contributed by atoms with Crippen LogP contribution in [0.15, 0.2) is 102 Å². The number of allylic oxidation sites excluding steroid dienone is 13. The van der Waals surface area contributed by atoms with Crippen LogP contribution in [0, 0.1) is 34.5 Å². The van der Waals surface area contributed by atoms with E-state index in [9.17, 15) is 0 Å². The fourth-order valence-electron chi connectivity index (χ4n) is 9.45. The van der Waals surface area contributed by atoms with Gasteiger partial charge in [0, 0.05) is 22.2 Å². The van der Waals surface area contributed by atoms with E-state index in [2.05, 4.69) is 111 Å². The molecule has 0 saturated heterocycles. The summed E-state index contributed by atoms with van der Waals surface area (Å²) in [5.41, 5.74) is 6.53. The average Bonchev–Trinajstić information content (AvgIpc) is 2.89. The monoisotopic (exact) mass is 458 g/mol. The van der Waals surface area contributed by atoms with E-state index in [1.165, 1.54) is 37.7 Å². The highest BCUT2D eigenvalue weighted by molar-refractivity contribution is 5.70. The molecule has 0 heterocycles. The molecule has 0 heteroatoms. The Balaban J connectivity index is 1.45. The van der Waals surface area contributed by atoms with Crippen molar-refractivity contribution in [2.45, 2.75) is 57.8 Å². The van der Waals surface area contributed by atoms with Gasteiger partial charge in [0.25, 0.3) is 0 Å². The second-order valence-corrected chi connectivity index (χ2v) is 12.1. The molecule has 0 amide bonds. The Morgan fingerprint density at radius 1 is 1.00 bits per heavy atom. The van der Waals surface area contributed by atoms with Gasteiger partial charge in [-0.1, -0.05) is 117 Å². The molecule has 0 N–H and O–H groups in total. The molecular weight excluding hydrogens is 420 g/mol. The maximum absolute atomic E-state index is 2.74. The van der Waals surface area contributed by atoms with E-state index in [4.69, 9.17) is 0 Å². The van der Waals surface area contributed by atoms with Crippen molar-refractivity contribution in [3.8, 4) is 0 Å². The number of fused-ring (bicyclic) bond motifs is 1. The van der Waals surface area contributed by atoms with Crippen molar-refractivity contribution in [3.63, 3.8) is 0 Å². The van der Waals surface area contributed by atoms with Crippen molar-refractivity contribution in [3.05, 3.63) is 113 Å². The first-order valence-corrected chi connectivity index (χ1v) is 14.1. The third-order valence-corrected chi connectivity index (χ3v) is 10.9. The van der Waals surface area contributed by atoms with Gasteiger partial charge in [-0.2, -0.15) is 0 Å². The molecule has 35 heavy (non-hydrogen) atoms. The minimum Gasteiger partial charge on any atom is -0.0882 e. The Morgan fingerprint density at radius 3 is 2.83 bits per heavy atom. The molecule has 3 spiro atoms. The number of rotatable bonds is 3. The van der Waals surface area contributed by atoms with Gasteiger partial charge in [-0.15, -0.1) is 0 Å². The quantitative estimate of drug-likeness (QED) is 0.397. The minimum absolute atomic E-state index is 0.0709. The van der Waals surface area contributed by atoms with Crippen molar-refractivity contribution in [1.82, 2.24) is 0 Å². The van der Waals surface area contributed by atoms with Gasteiger partial charge in [0.15, 0.2) is 0 Å². The summed E-state index contributed by atoms with van der Waals surface area (Å²) >= 11 is 0. The highest BCUT2D eigenvalue weighted by atomic mass is 14.7. The molecule has 7 unspecified atom stereocenters. The van der Waals surface area contributed by atoms with Crippen LogP contribution in [0.2, 0.25) is 0 Å². The van der Waals surface area contributed by atoms with Gasteiger partial charge >= 0.3 is 0 Å². The third-order valence-electron chi connectivity index (χ3n) is 10.9. The fraction of sp³-hybridized carbons (Fsp3) is 0.429. The average molecular weight is 459 g/mol. The summed E-state index contributed by atoms with van der Waals surface area (Å²) in [7, 11) is 0. The molecule has 0 bridgehead atoms. The molecule has 0 nitrogen and oxygen atoms in total. The first-order valence-electron chi connectivity index (χ1n) is 14.1. The summed E-state index contributed by atoms with van der Waals surface area (Å²) in [6.45, 7) is 4.74. The molecule has 7 atom stereocenters. The van der Waals surface area contributed by atoms with Crippen LogP contribution in [0.5, 0.6) is 0 Å². The van der Waals surface area contributed by atoms with Gasteiger partial charge in [-0.25, -0.2) is 0 Å². The van der Waals surface area contributed by atoms with Crippen LogP contribution < -0.4 is 0 Å². The van der Waals surface area contributed by atoms with Crippen LogP contribution in [0.25, 0.3) is 6.08 Å².